The van der Waals surface area contributed by atoms with Crippen molar-refractivity contribution < 1.29 is 19.4 Å². The first-order valence-corrected chi connectivity index (χ1v) is 8.72. The van der Waals surface area contributed by atoms with Crippen molar-refractivity contribution in [2.45, 2.75) is 31.9 Å². The van der Waals surface area contributed by atoms with E-state index in [1.54, 1.807) is 7.05 Å². The molecule has 2 aromatic rings. The number of benzene rings is 2. The summed E-state index contributed by atoms with van der Waals surface area (Å²) in [7, 11) is 1.55. The van der Waals surface area contributed by atoms with Crippen LogP contribution in [0.5, 0.6) is 0 Å². The first-order chi connectivity index (χ1) is 12.6. The molecule has 0 aliphatic carbocycles. The first-order valence-electron chi connectivity index (χ1n) is 8.72. The maximum absolute atomic E-state index is 12.3. The Hall–Kier alpha value is -2.66. The zero-order chi connectivity index (χ0) is 18.8. The van der Waals surface area contributed by atoms with Crippen LogP contribution in [0.1, 0.15) is 24.0 Å². The predicted molar refractivity (Wildman–Crippen MR) is 99.7 cm³/mol. The number of ether oxygens (including phenoxy) is 1. The Kier molecular flexibility index (Phi) is 7.83. The molecule has 1 amide bonds. The molecule has 138 valence electrons. The van der Waals surface area contributed by atoms with Crippen LogP contribution in [0.3, 0.4) is 0 Å². The highest BCUT2D eigenvalue weighted by molar-refractivity contribution is 5.83. The number of amides is 1. The normalized spacial score (nSPS) is 11.7. The molecule has 5 heteroatoms. The summed E-state index contributed by atoms with van der Waals surface area (Å²) < 4.78 is 5.57. The van der Waals surface area contributed by atoms with Gasteiger partial charge in [0.15, 0.2) is 0 Å². The van der Waals surface area contributed by atoms with Gasteiger partial charge in [-0.15, -0.1) is 0 Å². The van der Waals surface area contributed by atoms with E-state index in [0.29, 0.717) is 26.1 Å². The molecule has 0 spiro atoms. The minimum absolute atomic E-state index is 0.184. The van der Waals surface area contributed by atoms with Crippen LogP contribution in [0.4, 0.5) is 0 Å². The molecule has 0 radical (unpaired) electrons. The van der Waals surface area contributed by atoms with E-state index in [0.717, 1.165) is 11.1 Å². The van der Waals surface area contributed by atoms with E-state index in [9.17, 15) is 14.7 Å². The number of hydrogen-bond donors (Lipinski definition) is 1. The SMILES string of the molecule is CN(C(=O)CCCOCc1ccccc1)[C@@H](Cc1ccccc1)C(=O)O. The predicted octanol–water partition coefficient (Wildman–Crippen LogP) is 3.14. The highest BCUT2D eigenvalue weighted by atomic mass is 16.5. The second-order valence-electron chi connectivity index (χ2n) is 6.19. The van der Waals surface area contributed by atoms with Gasteiger partial charge >= 0.3 is 5.97 Å². The second-order valence-corrected chi connectivity index (χ2v) is 6.19. The van der Waals surface area contributed by atoms with E-state index in [2.05, 4.69) is 0 Å². The van der Waals surface area contributed by atoms with Crippen molar-refractivity contribution in [3.63, 3.8) is 0 Å². The fraction of sp³-hybridized carbons (Fsp3) is 0.333. The minimum Gasteiger partial charge on any atom is -0.480 e. The lowest BCUT2D eigenvalue weighted by Crippen LogP contribution is -2.43. The molecule has 0 aliphatic heterocycles. The lowest BCUT2D eigenvalue weighted by atomic mass is 10.0. The molecule has 2 aromatic carbocycles. The van der Waals surface area contributed by atoms with Gasteiger partial charge in [-0.2, -0.15) is 0 Å². The third-order valence-electron chi connectivity index (χ3n) is 4.21. The number of carboxylic acids is 1. The molecule has 0 heterocycles. The molecule has 1 atom stereocenters. The van der Waals surface area contributed by atoms with Crippen molar-refractivity contribution in [3.8, 4) is 0 Å². The average Bonchev–Trinajstić information content (AvgIpc) is 2.66. The minimum atomic E-state index is -0.995. The molecule has 26 heavy (non-hydrogen) atoms. The van der Waals surface area contributed by atoms with Crippen LogP contribution in [0.25, 0.3) is 0 Å². The van der Waals surface area contributed by atoms with Gasteiger partial charge in [0, 0.05) is 26.5 Å². The molecule has 0 unspecified atom stereocenters. The molecule has 0 fully saturated rings. The lowest BCUT2D eigenvalue weighted by molar-refractivity contribution is -0.149. The van der Waals surface area contributed by atoms with Crippen molar-refractivity contribution in [3.05, 3.63) is 71.8 Å². The fourth-order valence-corrected chi connectivity index (χ4v) is 2.67. The Morgan fingerprint density at radius 2 is 1.58 bits per heavy atom. The van der Waals surface area contributed by atoms with E-state index >= 15 is 0 Å². The molecule has 0 aromatic heterocycles. The molecule has 0 bridgehead atoms. The topological polar surface area (TPSA) is 66.8 Å². The molecular weight excluding hydrogens is 330 g/mol. The molecule has 5 nitrogen and oxygen atoms in total. The number of carboxylic acid groups (broad SMARTS) is 1. The standard InChI is InChI=1S/C21H25NO4/c1-22(19(21(24)25)15-17-9-4-2-5-10-17)20(23)13-8-14-26-16-18-11-6-3-7-12-18/h2-7,9-12,19H,8,13-16H2,1H3,(H,24,25)/t19-/m0/s1. The van der Waals surface area contributed by atoms with Crippen molar-refractivity contribution in [2.75, 3.05) is 13.7 Å². The fourth-order valence-electron chi connectivity index (χ4n) is 2.67. The van der Waals surface area contributed by atoms with E-state index < -0.39 is 12.0 Å². The summed E-state index contributed by atoms with van der Waals surface area (Å²) in [5, 5.41) is 9.47. The van der Waals surface area contributed by atoms with Crippen LogP contribution in [0.15, 0.2) is 60.7 Å². The second kappa shape index (κ2) is 10.4. The van der Waals surface area contributed by atoms with Crippen molar-refractivity contribution in [1.82, 2.24) is 4.90 Å². The quantitative estimate of drug-likeness (QED) is 0.665. The Bertz CT molecular complexity index is 688. The highest BCUT2D eigenvalue weighted by Crippen LogP contribution is 2.10. The monoisotopic (exact) mass is 355 g/mol. The van der Waals surface area contributed by atoms with Gasteiger partial charge in [0.05, 0.1) is 6.61 Å². The summed E-state index contributed by atoms with van der Waals surface area (Å²) in [6.45, 7) is 0.974. The Morgan fingerprint density at radius 3 is 2.15 bits per heavy atom. The Labute approximate surface area is 154 Å². The van der Waals surface area contributed by atoms with Crippen molar-refractivity contribution in [2.24, 2.45) is 0 Å². The van der Waals surface area contributed by atoms with Crippen LogP contribution in [-0.2, 0) is 27.4 Å². The van der Waals surface area contributed by atoms with Crippen LogP contribution in [0, 0.1) is 0 Å². The summed E-state index contributed by atoms with van der Waals surface area (Å²) in [5.41, 5.74) is 1.98. The summed E-state index contributed by atoms with van der Waals surface area (Å²) >= 11 is 0. The van der Waals surface area contributed by atoms with Crippen LogP contribution in [0.2, 0.25) is 0 Å². The largest absolute Gasteiger partial charge is 0.480 e. The van der Waals surface area contributed by atoms with Crippen molar-refractivity contribution in [1.29, 1.82) is 0 Å². The summed E-state index contributed by atoms with van der Waals surface area (Å²) in [5.74, 6) is -1.18. The van der Waals surface area contributed by atoms with Gasteiger partial charge < -0.3 is 14.7 Å². The first kappa shape index (κ1) is 19.7. The van der Waals surface area contributed by atoms with Crippen LogP contribution >= 0.6 is 0 Å². The van der Waals surface area contributed by atoms with Gasteiger partial charge in [-0.05, 0) is 17.5 Å². The van der Waals surface area contributed by atoms with Gasteiger partial charge in [0.1, 0.15) is 6.04 Å². The maximum Gasteiger partial charge on any atom is 0.326 e. The molecule has 0 saturated heterocycles. The summed E-state index contributed by atoms with van der Waals surface area (Å²) in [4.78, 5) is 25.2. The Morgan fingerprint density at radius 1 is 1.00 bits per heavy atom. The number of carbonyl (C=O) groups is 2. The van der Waals surface area contributed by atoms with E-state index in [1.165, 1.54) is 4.90 Å². The number of likely N-dealkylation sites (N-methyl/N-ethyl adjacent to an activating group) is 1. The number of hydrogen-bond acceptors (Lipinski definition) is 3. The van der Waals surface area contributed by atoms with Gasteiger partial charge in [-0.3, -0.25) is 4.79 Å². The lowest BCUT2D eigenvalue weighted by Gasteiger charge is -2.25. The average molecular weight is 355 g/mol. The summed E-state index contributed by atoms with van der Waals surface area (Å²) in [6, 6.07) is 18.3. The number of aliphatic carboxylic acids is 1. The highest BCUT2D eigenvalue weighted by Gasteiger charge is 2.26. The number of rotatable bonds is 10. The van der Waals surface area contributed by atoms with Gasteiger partial charge in [0.2, 0.25) is 5.91 Å². The number of nitrogens with zero attached hydrogens (tertiary/aromatic N) is 1. The zero-order valence-electron chi connectivity index (χ0n) is 15.0. The van der Waals surface area contributed by atoms with Crippen molar-refractivity contribution >= 4 is 11.9 Å². The number of carbonyl (C=O) groups excluding carboxylic acids is 1. The molecule has 2 rings (SSSR count). The Balaban J connectivity index is 1.76. The van der Waals surface area contributed by atoms with Gasteiger partial charge in [-0.25, -0.2) is 4.79 Å². The van der Waals surface area contributed by atoms with Crippen LogP contribution < -0.4 is 0 Å². The van der Waals surface area contributed by atoms with E-state index in [1.807, 2.05) is 60.7 Å². The molecule has 0 saturated carbocycles. The van der Waals surface area contributed by atoms with Gasteiger partial charge in [-0.1, -0.05) is 60.7 Å². The molecular formula is C21H25NO4. The smallest absolute Gasteiger partial charge is 0.326 e. The van der Waals surface area contributed by atoms with E-state index in [-0.39, 0.29) is 12.3 Å². The summed E-state index contributed by atoms with van der Waals surface area (Å²) in [6.07, 6.45) is 1.13. The molecule has 1 N–H and O–H groups in total. The third-order valence-corrected chi connectivity index (χ3v) is 4.21. The van der Waals surface area contributed by atoms with Gasteiger partial charge in [0.25, 0.3) is 0 Å². The zero-order valence-corrected chi connectivity index (χ0v) is 15.0. The van der Waals surface area contributed by atoms with Crippen LogP contribution in [-0.4, -0.2) is 41.6 Å². The van der Waals surface area contributed by atoms with E-state index in [4.69, 9.17) is 4.74 Å². The third kappa shape index (κ3) is 6.33. The molecule has 0 aliphatic rings. The maximum atomic E-state index is 12.3.